The Kier molecular flexibility index (Phi) is 2.36. The van der Waals surface area contributed by atoms with E-state index in [2.05, 4.69) is 0 Å². The zero-order valence-corrected chi connectivity index (χ0v) is 7.86. The Hall–Kier alpha value is -0.830. The Bertz CT molecular complexity index is 349. The summed E-state index contributed by atoms with van der Waals surface area (Å²) in [5.74, 6) is 0.518. The Morgan fingerprint density at radius 2 is 2.23 bits per heavy atom. The molecule has 1 aromatic carbocycles. The average Bonchev–Trinajstić information content (AvgIpc) is 2.29. The number of carbonyl (C=O) groups is 1. The van der Waals surface area contributed by atoms with Gasteiger partial charge in [0, 0.05) is 11.3 Å². The molecule has 0 aliphatic carbocycles. The van der Waals surface area contributed by atoms with E-state index in [0.717, 1.165) is 24.2 Å². The fourth-order valence-corrected chi connectivity index (χ4v) is 2.28. The average molecular weight is 196 g/mol. The standard InChI is InChI=1S/C10H9FOS/c11-8-4-3-7-2-1-5-13-10(12)9(7)6-8/h3-4,6H,1-2,5H2. The molecule has 1 aliphatic rings. The van der Waals surface area contributed by atoms with E-state index < -0.39 is 0 Å². The summed E-state index contributed by atoms with van der Waals surface area (Å²) in [6, 6.07) is 4.48. The van der Waals surface area contributed by atoms with Crippen molar-refractivity contribution in [1.29, 1.82) is 0 Å². The fraction of sp³-hybridized carbons (Fsp3) is 0.300. The van der Waals surface area contributed by atoms with Crippen LogP contribution in [0.1, 0.15) is 22.3 Å². The van der Waals surface area contributed by atoms with E-state index in [0.29, 0.717) is 5.56 Å². The molecule has 1 aliphatic heterocycles. The second-order valence-electron chi connectivity index (χ2n) is 3.04. The van der Waals surface area contributed by atoms with Crippen molar-refractivity contribution >= 4 is 16.9 Å². The summed E-state index contributed by atoms with van der Waals surface area (Å²) < 4.78 is 12.8. The zero-order chi connectivity index (χ0) is 9.26. The van der Waals surface area contributed by atoms with Crippen molar-refractivity contribution in [3.8, 4) is 0 Å². The summed E-state index contributed by atoms with van der Waals surface area (Å²) in [5.41, 5.74) is 1.54. The Morgan fingerprint density at radius 3 is 3.08 bits per heavy atom. The second kappa shape index (κ2) is 3.50. The first-order valence-electron chi connectivity index (χ1n) is 4.23. The first-order valence-corrected chi connectivity index (χ1v) is 5.21. The molecule has 0 bridgehead atoms. The first-order chi connectivity index (χ1) is 6.27. The highest BCUT2D eigenvalue weighted by atomic mass is 32.2. The number of thioether (sulfide) groups is 1. The normalized spacial score (nSPS) is 16.5. The van der Waals surface area contributed by atoms with Gasteiger partial charge in [-0.25, -0.2) is 4.39 Å². The third-order valence-electron chi connectivity index (χ3n) is 2.12. The summed E-state index contributed by atoms with van der Waals surface area (Å²) in [4.78, 5) is 11.5. The zero-order valence-electron chi connectivity index (χ0n) is 7.05. The van der Waals surface area contributed by atoms with Crippen molar-refractivity contribution in [3.63, 3.8) is 0 Å². The quantitative estimate of drug-likeness (QED) is 0.634. The molecule has 68 valence electrons. The van der Waals surface area contributed by atoms with Gasteiger partial charge in [0.2, 0.25) is 5.12 Å². The summed E-state index contributed by atoms with van der Waals surface area (Å²) in [5, 5.41) is 0.00648. The van der Waals surface area contributed by atoms with Crippen LogP contribution in [0, 0.1) is 5.82 Å². The van der Waals surface area contributed by atoms with Gasteiger partial charge in [-0.2, -0.15) is 0 Å². The molecule has 1 heterocycles. The van der Waals surface area contributed by atoms with Gasteiger partial charge in [-0.1, -0.05) is 17.8 Å². The third kappa shape index (κ3) is 1.75. The maximum atomic E-state index is 12.8. The molecule has 2 rings (SSSR count). The lowest BCUT2D eigenvalue weighted by Crippen LogP contribution is -1.97. The molecule has 0 amide bonds. The van der Waals surface area contributed by atoms with E-state index in [4.69, 9.17) is 0 Å². The van der Waals surface area contributed by atoms with Crippen molar-refractivity contribution in [2.24, 2.45) is 0 Å². The molecular formula is C10H9FOS. The van der Waals surface area contributed by atoms with Crippen molar-refractivity contribution in [1.82, 2.24) is 0 Å². The van der Waals surface area contributed by atoms with Crippen molar-refractivity contribution in [2.45, 2.75) is 12.8 Å². The van der Waals surface area contributed by atoms with Gasteiger partial charge in [0.15, 0.2) is 0 Å². The molecule has 0 N–H and O–H groups in total. The van der Waals surface area contributed by atoms with Gasteiger partial charge in [0.1, 0.15) is 5.82 Å². The predicted molar refractivity (Wildman–Crippen MR) is 51.5 cm³/mol. The number of carbonyl (C=O) groups excluding carboxylic acids is 1. The number of fused-ring (bicyclic) bond motifs is 1. The molecule has 0 fully saturated rings. The van der Waals surface area contributed by atoms with Gasteiger partial charge >= 0.3 is 0 Å². The van der Waals surface area contributed by atoms with Crippen LogP contribution in [0.2, 0.25) is 0 Å². The van der Waals surface area contributed by atoms with Crippen LogP contribution < -0.4 is 0 Å². The lowest BCUT2D eigenvalue weighted by molar-refractivity contribution is 0.108. The molecule has 0 radical (unpaired) electrons. The minimum atomic E-state index is -0.324. The smallest absolute Gasteiger partial charge is 0.219 e. The van der Waals surface area contributed by atoms with Gasteiger partial charge < -0.3 is 0 Å². The highest BCUT2D eigenvalue weighted by molar-refractivity contribution is 8.14. The van der Waals surface area contributed by atoms with E-state index in [1.54, 1.807) is 6.07 Å². The fourth-order valence-electron chi connectivity index (χ4n) is 1.46. The molecule has 0 aromatic heterocycles. The number of aryl methyl sites for hydroxylation is 1. The number of hydrogen-bond donors (Lipinski definition) is 0. The monoisotopic (exact) mass is 196 g/mol. The number of benzene rings is 1. The van der Waals surface area contributed by atoms with E-state index in [1.807, 2.05) is 0 Å². The third-order valence-corrected chi connectivity index (χ3v) is 3.09. The van der Waals surface area contributed by atoms with Gasteiger partial charge in [-0.15, -0.1) is 0 Å². The van der Waals surface area contributed by atoms with Gasteiger partial charge in [-0.05, 0) is 30.5 Å². The van der Waals surface area contributed by atoms with E-state index >= 15 is 0 Å². The number of rotatable bonds is 0. The van der Waals surface area contributed by atoms with Crippen molar-refractivity contribution < 1.29 is 9.18 Å². The maximum Gasteiger partial charge on any atom is 0.219 e. The van der Waals surface area contributed by atoms with Gasteiger partial charge in [0.05, 0.1) is 0 Å². The molecule has 0 spiro atoms. The Labute approximate surface area is 80.3 Å². The molecule has 0 saturated heterocycles. The van der Waals surface area contributed by atoms with E-state index in [1.165, 1.54) is 23.9 Å². The molecular weight excluding hydrogens is 187 g/mol. The SMILES string of the molecule is O=C1SCCCc2ccc(F)cc21. The summed E-state index contributed by atoms with van der Waals surface area (Å²) in [6.45, 7) is 0. The largest absolute Gasteiger partial charge is 0.282 e. The van der Waals surface area contributed by atoms with Crippen molar-refractivity contribution in [2.75, 3.05) is 5.75 Å². The molecule has 0 atom stereocenters. The minimum Gasteiger partial charge on any atom is -0.282 e. The molecule has 13 heavy (non-hydrogen) atoms. The molecule has 3 heteroatoms. The van der Waals surface area contributed by atoms with Crippen LogP contribution in [0.25, 0.3) is 0 Å². The Morgan fingerprint density at radius 1 is 1.38 bits per heavy atom. The summed E-state index contributed by atoms with van der Waals surface area (Å²) in [7, 11) is 0. The van der Waals surface area contributed by atoms with Gasteiger partial charge in [-0.3, -0.25) is 4.79 Å². The first kappa shape index (κ1) is 8.75. The van der Waals surface area contributed by atoms with E-state index in [9.17, 15) is 9.18 Å². The van der Waals surface area contributed by atoms with Gasteiger partial charge in [0.25, 0.3) is 0 Å². The number of hydrogen-bond acceptors (Lipinski definition) is 2. The summed E-state index contributed by atoms with van der Waals surface area (Å²) in [6.07, 6.45) is 1.88. The van der Waals surface area contributed by atoms with Crippen LogP contribution in [0.15, 0.2) is 18.2 Å². The lowest BCUT2D eigenvalue weighted by atomic mass is 10.0. The highest BCUT2D eigenvalue weighted by Gasteiger charge is 2.16. The van der Waals surface area contributed by atoms with Crippen LogP contribution in [0.5, 0.6) is 0 Å². The van der Waals surface area contributed by atoms with Crippen LogP contribution in [0.4, 0.5) is 4.39 Å². The topological polar surface area (TPSA) is 17.1 Å². The second-order valence-corrected chi connectivity index (χ2v) is 4.11. The van der Waals surface area contributed by atoms with E-state index in [-0.39, 0.29) is 10.9 Å². The van der Waals surface area contributed by atoms with Crippen LogP contribution in [0.3, 0.4) is 0 Å². The Balaban J connectivity index is 2.49. The maximum absolute atomic E-state index is 12.8. The van der Waals surface area contributed by atoms with Crippen LogP contribution >= 0.6 is 11.8 Å². The van der Waals surface area contributed by atoms with Crippen molar-refractivity contribution in [3.05, 3.63) is 35.1 Å². The summed E-state index contributed by atoms with van der Waals surface area (Å²) >= 11 is 1.28. The highest BCUT2D eigenvalue weighted by Crippen LogP contribution is 2.24. The van der Waals surface area contributed by atoms with Crippen LogP contribution in [-0.4, -0.2) is 10.9 Å². The predicted octanol–water partition coefficient (Wildman–Crippen LogP) is 2.65. The number of halogens is 1. The molecule has 1 aromatic rings. The molecule has 0 unspecified atom stereocenters. The minimum absolute atomic E-state index is 0.00648. The molecule has 1 nitrogen and oxygen atoms in total. The van der Waals surface area contributed by atoms with Crippen LogP contribution in [-0.2, 0) is 6.42 Å². The lowest BCUT2D eigenvalue weighted by Gasteiger charge is -2.02. The molecule has 0 saturated carbocycles.